The van der Waals surface area contributed by atoms with Crippen molar-refractivity contribution in [3.63, 3.8) is 0 Å². The van der Waals surface area contributed by atoms with Gasteiger partial charge in [-0.05, 0) is 50.2 Å². The van der Waals surface area contributed by atoms with Crippen molar-refractivity contribution in [1.82, 2.24) is 0 Å². The largest absolute Gasteiger partial charge is 0.508 e. The molecular formula is C19H19NO7. The van der Waals surface area contributed by atoms with Crippen molar-refractivity contribution in [1.29, 1.82) is 0 Å². The van der Waals surface area contributed by atoms with Crippen LogP contribution in [0.4, 0.5) is 5.69 Å². The zero-order valence-corrected chi connectivity index (χ0v) is 14.8. The molecule has 2 aromatic carbocycles. The van der Waals surface area contributed by atoms with E-state index in [1.54, 1.807) is 13.8 Å². The van der Waals surface area contributed by atoms with Gasteiger partial charge in [-0.2, -0.15) is 0 Å². The van der Waals surface area contributed by atoms with E-state index in [2.05, 4.69) is 5.32 Å². The van der Waals surface area contributed by atoms with Crippen LogP contribution in [0, 0.1) is 0 Å². The quantitative estimate of drug-likeness (QED) is 0.665. The summed E-state index contributed by atoms with van der Waals surface area (Å²) in [7, 11) is 0. The number of nitrogens with one attached hydrogen (secondary N) is 1. The molecule has 0 aromatic heterocycles. The first-order chi connectivity index (χ1) is 12.8. The first-order valence-corrected chi connectivity index (χ1v) is 8.06. The average Bonchev–Trinajstić information content (AvgIpc) is 2.59. The van der Waals surface area contributed by atoms with Crippen LogP contribution in [0.1, 0.15) is 34.6 Å². The lowest BCUT2D eigenvalue weighted by molar-refractivity contribution is -0.119. The Labute approximate surface area is 155 Å². The first-order valence-electron chi connectivity index (χ1n) is 8.06. The molecule has 142 valence electrons. The van der Waals surface area contributed by atoms with Crippen molar-refractivity contribution in [2.45, 2.75) is 20.0 Å². The standard InChI is InChI=1S/C19H19NO7/c1-11(2)27-18(24)12-3-5-13(6-4-12)20-17(23)10-26-19(25)15-8-7-14(21)9-16(15)22/h3-9,11,21-22H,10H2,1-2H3,(H,20,23). The normalized spacial score (nSPS) is 10.3. The van der Waals surface area contributed by atoms with Crippen molar-refractivity contribution in [3.8, 4) is 11.5 Å². The van der Waals surface area contributed by atoms with Crippen molar-refractivity contribution in [2.75, 3.05) is 11.9 Å². The molecule has 8 heteroatoms. The van der Waals surface area contributed by atoms with Crippen LogP contribution in [-0.2, 0) is 14.3 Å². The van der Waals surface area contributed by atoms with Gasteiger partial charge in [0.1, 0.15) is 17.1 Å². The number of hydrogen-bond acceptors (Lipinski definition) is 7. The number of ether oxygens (including phenoxy) is 2. The van der Waals surface area contributed by atoms with E-state index in [9.17, 15) is 24.6 Å². The smallest absolute Gasteiger partial charge is 0.342 e. The molecule has 1 amide bonds. The number of amides is 1. The number of anilines is 1. The van der Waals surface area contributed by atoms with Gasteiger partial charge in [0, 0.05) is 11.8 Å². The monoisotopic (exact) mass is 373 g/mol. The maximum Gasteiger partial charge on any atom is 0.342 e. The molecule has 3 N–H and O–H groups in total. The summed E-state index contributed by atoms with van der Waals surface area (Å²) in [4.78, 5) is 35.5. The van der Waals surface area contributed by atoms with Gasteiger partial charge >= 0.3 is 11.9 Å². The molecule has 0 saturated heterocycles. The molecule has 0 fully saturated rings. The second-order valence-electron chi connectivity index (χ2n) is 5.86. The third-order valence-corrected chi connectivity index (χ3v) is 3.28. The van der Waals surface area contributed by atoms with Crippen molar-refractivity contribution < 1.29 is 34.1 Å². The van der Waals surface area contributed by atoms with Gasteiger partial charge in [0.2, 0.25) is 0 Å². The molecule has 0 saturated carbocycles. The number of esters is 2. The van der Waals surface area contributed by atoms with Crippen LogP contribution in [0.5, 0.6) is 11.5 Å². The second kappa shape index (κ2) is 8.70. The predicted molar refractivity (Wildman–Crippen MR) is 95.7 cm³/mol. The van der Waals surface area contributed by atoms with E-state index in [-0.39, 0.29) is 17.4 Å². The number of phenols is 2. The van der Waals surface area contributed by atoms with Gasteiger partial charge in [0.25, 0.3) is 5.91 Å². The number of benzene rings is 2. The van der Waals surface area contributed by atoms with Crippen LogP contribution in [0.3, 0.4) is 0 Å². The summed E-state index contributed by atoms with van der Waals surface area (Å²) >= 11 is 0. The summed E-state index contributed by atoms with van der Waals surface area (Å²) in [5, 5.41) is 21.3. The Morgan fingerprint density at radius 3 is 2.26 bits per heavy atom. The van der Waals surface area contributed by atoms with Crippen molar-refractivity contribution in [2.24, 2.45) is 0 Å². The Balaban J connectivity index is 1.88. The highest BCUT2D eigenvalue weighted by molar-refractivity contribution is 5.97. The molecule has 0 bridgehead atoms. The van der Waals surface area contributed by atoms with Gasteiger partial charge in [-0.25, -0.2) is 9.59 Å². The zero-order valence-electron chi connectivity index (χ0n) is 14.8. The third-order valence-electron chi connectivity index (χ3n) is 3.28. The molecule has 0 heterocycles. The molecule has 0 spiro atoms. The fraction of sp³-hybridized carbons (Fsp3) is 0.211. The van der Waals surface area contributed by atoms with Gasteiger partial charge < -0.3 is 25.0 Å². The van der Waals surface area contributed by atoms with E-state index >= 15 is 0 Å². The summed E-state index contributed by atoms with van der Waals surface area (Å²) in [6, 6.07) is 9.41. The Morgan fingerprint density at radius 2 is 1.67 bits per heavy atom. The topological polar surface area (TPSA) is 122 Å². The van der Waals surface area contributed by atoms with E-state index in [0.717, 1.165) is 6.07 Å². The van der Waals surface area contributed by atoms with Crippen LogP contribution < -0.4 is 5.32 Å². The molecule has 0 aliphatic rings. The molecule has 0 aliphatic heterocycles. The van der Waals surface area contributed by atoms with Crippen LogP contribution in [-0.4, -0.2) is 40.8 Å². The van der Waals surface area contributed by atoms with Crippen molar-refractivity contribution in [3.05, 3.63) is 53.6 Å². The molecule has 0 aliphatic carbocycles. The summed E-state index contributed by atoms with van der Waals surface area (Å²) in [5.74, 6) is -2.63. The third kappa shape index (κ3) is 5.74. The number of aromatic hydroxyl groups is 2. The van der Waals surface area contributed by atoms with Gasteiger partial charge in [0.05, 0.1) is 11.7 Å². The van der Waals surface area contributed by atoms with E-state index in [1.165, 1.54) is 36.4 Å². The molecule has 0 radical (unpaired) electrons. The summed E-state index contributed by atoms with van der Waals surface area (Å²) in [6.07, 6.45) is -0.236. The minimum Gasteiger partial charge on any atom is -0.508 e. The number of carbonyl (C=O) groups excluding carboxylic acids is 3. The Bertz CT molecular complexity index is 844. The summed E-state index contributed by atoms with van der Waals surface area (Å²) in [6.45, 7) is 2.91. The van der Waals surface area contributed by atoms with Gasteiger partial charge in [-0.1, -0.05) is 0 Å². The molecule has 8 nitrogen and oxygen atoms in total. The van der Waals surface area contributed by atoms with Crippen LogP contribution in [0.2, 0.25) is 0 Å². The molecular weight excluding hydrogens is 354 g/mol. The number of rotatable bonds is 6. The highest BCUT2D eigenvalue weighted by Crippen LogP contribution is 2.23. The highest BCUT2D eigenvalue weighted by Gasteiger charge is 2.15. The first kappa shape index (κ1) is 19.8. The SMILES string of the molecule is CC(C)OC(=O)c1ccc(NC(=O)COC(=O)c2ccc(O)cc2O)cc1. The van der Waals surface area contributed by atoms with E-state index in [0.29, 0.717) is 11.3 Å². The molecule has 0 atom stereocenters. The zero-order chi connectivity index (χ0) is 20.0. The average molecular weight is 373 g/mol. The molecule has 2 aromatic rings. The fourth-order valence-corrected chi connectivity index (χ4v) is 2.07. The minimum absolute atomic E-state index is 0.173. The Hall–Kier alpha value is -3.55. The van der Waals surface area contributed by atoms with E-state index < -0.39 is 30.2 Å². The minimum atomic E-state index is -0.908. The highest BCUT2D eigenvalue weighted by atomic mass is 16.5. The fourth-order valence-electron chi connectivity index (χ4n) is 2.07. The van der Waals surface area contributed by atoms with Crippen LogP contribution in [0.25, 0.3) is 0 Å². The second-order valence-corrected chi connectivity index (χ2v) is 5.86. The maximum absolute atomic E-state index is 11.9. The Kier molecular flexibility index (Phi) is 6.37. The Morgan fingerprint density at radius 1 is 1.00 bits per heavy atom. The van der Waals surface area contributed by atoms with Crippen LogP contribution in [0.15, 0.2) is 42.5 Å². The predicted octanol–water partition coefficient (Wildman–Crippen LogP) is 2.46. The summed E-state index contributed by atoms with van der Waals surface area (Å²) in [5.41, 5.74) is 0.578. The lowest BCUT2D eigenvalue weighted by Gasteiger charge is -2.09. The lowest BCUT2D eigenvalue weighted by Crippen LogP contribution is -2.21. The van der Waals surface area contributed by atoms with Crippen molar-refractivity contribution >= 4 is 23.5 Å². The maximum atomic E-state index is 11.9. The van der Waals surface area contributed by atoms with Crippen LogP contribution >= 0.6 is 0 Å². The van der Waals surface area contributed by atoms with Gasteiger partial charge in [-0.15, -0.1) is 0 Å². The molecule has 27 heavy (non-hydrogen) atoms. The van der Waals surface area contributed by atoms with Gasteiger partial charge in [0.15, 0.2) is 6.61 Å². The molecule has 2 rings (SSSR count). The number of carbonyl (C=O) groups is 3. The molecule has 0 unspecified atom stereocenters. The van der Waals surface area contributed by atoms with E-state index in [1.807, 2.05) is 0 Å². The number of phenolic OH excluding ortho intramolecular Hbond substituents is 2. The van der Waals surface area contributed by atoms with Gasteiger partial charge in [-0.3, -0.25) is 4.79 Å². The summed E-state index contributed by atoms with van der Waals surface area (Å²) < 4.78 is 9.88. The lowest BCUT2D eigenvalue weighted by atomic mass is 10.2. The number of hydrogen-bond donors (Lipinski definition) is 3. The van der Waals surface area contributed by atoms with E-state index in [4.69, 9.17) is 9.47 Å².